The number of carbonyl (C=O) groups is 1. The first-order valence-electron chi connectivity index (χ1n) is 6.25. The van der Waals surface area contributed by atoms with Gasteiger partial charge in [-0.05, 0) is 43.9 Å². The van der Waals surface area contributed by atoms with E-state index >= 15 is 0 Å². The maximum Gasteiger partial charge on any atom is 0.305 e. The molecule has 4 heteroatoms. The van der Waals surface area contributed by atoms with Gasteiger partial charge in [-0.3, -0.25) is 4.79 Å². The Hall–Kier alpha value is -1.71. The minimum atomic E-state index is -0.119. The first kappa shape index (κ1) is 14.4. The van der Waals surface area contributed by atoms with Crippen molar-refractivity contribution < 1.29 is 14.3 Å². The Morgan fingerprint density at radius 2 is 2.11 bits per heavy atom. The number of esters is 1. The quantitative estimate of drug-likeness (QED) is 0.459. The van der Waals surface area contributed by atoms with Crippen molar-refractivity contribution in [2.45, 2.75) is 32.6 Å². The smallest absolute Gasteiger partial charge is 0.305 e. The predicted octanol–water partition coefficient (Wildman–Crippen LogP) is 2.55. The number of methoxy groups -OCH3 is 1. The zero-order valence-corrected chi connectivity index (χ0v) is 11.1. The van der Waals surface area contributed by atoms with Crippen LogP contribution in [0.1, 0.15) is 31.7 Å². The minimum Gasteiger partial charge on any atom is -0.495 e. The van der Waals surface area contributed by atoms with Gasteiger partial charge in [-0.15, -0.1) is 0 Å². The van der Waals surface area contributed by atoms with Crippen LogP contribution in [0, 0.1) is 0 Å². The summed E-state index contributed by atoms with van der Waals surface area (Å²) in [6.45, 7) is 2.27. The van der Waals surface area contributed by atoms with Gasteiger partial charge in [0.25, 0.3) is 0 Å². The first-order valence-corrected chi connectivity index (χ1v) is 6.25. The third kappa shape index (κ3) is 4.65. The minimum absolute atomic E-state index is 0.119. The molecular weight excluding hydrogens is 230 g/mol. The molecule has 1 aromatic carbocycles. The predicted molar refractivity (Wildman–Crippen MR) is 71.6 cm³/mol. The number of aryl methyl sites for hydroxylation is 1. The van der Waals surface area contributed by atoms with Crippen molar-refractivity contribution >= 4 is 11.7 Å². The van der Waals surface area contributed by atoms with Crippen LogP contribution >= 0.6 is 0 Å². The highest BCUT2D eigenvalue weighted by atomic mass is 16.5. The topological polar surface area (TPSA) is 61.5 Å². The Balaban J connectivity index is 2.31. The highest BCUT2D eigenvalue weighted by Gasteiger charge is 2.03. The number of ether oxygens (including phenoxy) is 2. The third-order valence-electron chi connectivity index (χ3n) is 2.70. The molecule has 0 aliphatic heterocycles. The fraction of sp³-hybridized carbons (Fsp3) is 0.500. The summed E-state index contributed by atoms with van der Waals surface area (Å²) in [5, 5.41) is 0. The highest BCUT2D eigenvalue weighted by Crippen LogP contribution is 2.22. The molecule has 0 amide bonds. The van der Waals surface area contributed by atoms with Gasteiger partial charge in [0.1, 0.15) is 5.75 Å². The molecule has 0 heterocycles. The molecule has 0 bridgehead atoms. The van der Waals surface area contributed by atoms with E-state index in [1.807, 2.05) is 25.1 Å². The van der Waals surface area contributed by atoms with E-state index < -0.39 is 0 Å². The molecule has 0 aliphatic rings. The number of nitrogen functional groups attached to an aromatic ring is 1. The standard InChI is InChI=1S/C14H21NO3/c1-3-18-14(16)7-5-4-6-11-8-9-13(17-2)12(15)10-11/h8-10H,3-7,15H2,1-2H3. The van der Waals surface area contributed by atoms with Crippen molar-refractivity contribution in [1.29, 1.82) is 0 Å². The van der Waals surface area contributed by atoms with Crippen LogP contribution < -0.4 is 10.5 Å². The number of nitrogens with two attached hydrogens (primary N) is 1. The number of hydrogen-bond acceptors (Lipinski definition) is 4. The molecule has 0 saturated heterocycles. The number of carbonyl (C=O) groups excluding carboxylic acids is 1. The van der Waals surface area contributed by atoms with E-state index in [9.17, 15) is 4.79 Å². The third-order valence-corrected chi connectivity index (χ3v) is 2.70. The van der Waals surface area contributed by atoms with Crippen LogP contribution in [0.4, 0.5) is 5.69 Å². The second-order valence-electron chi connectivity index (χ2n) is 4.09. The van der Waals surface area contributed by atoms with E-state index in [0.717, 1.165) is 24.8 Å². The fourth-order valence-corrected chi connectivity index (χ4v) is 1.77. The summed E-state index contributed by atoms with van der Waals surface area (Å²) in [6, 6.07) is 5.79. The van der Waals surface area contributed by atoms with Gasteiger partial charge in [-0.25, -0.2) is 0 Å². The maximum atomic E-state index is 11.1. The Kier molecular flexibility index (Phi) is 6.05. The van der Waals surface area contributed by atoms with Crippen LogP contribution in [0.2, 0.25) is 0 Å². The molecule has 0 radical (unpaired) electrons. The van der Waals surface area contributed by atoms with E-state index in [0.29, 0.717) is 24.5 Å². The van der Waals surface area contributed by atoms with E-state index in [2.05, 4.69) is 0 Å². The van der Waals surface area contributed by atoms with Crippen LogP contribution in [0.15, 0.2) is 18.2 Å². The maximum absolute atomic E-state index is 11.1. The molecule has 4 nitrogen and oxygen atoms in total. The number of hydrogen-bond donors (Lipinski definition) is 1. The SMILES string of the molecule is CCOC(=O)CCCCc1ccc(OC)c(N)c1. The van der Waals surface area contributed by atoms with Crippen molar-refractivity contribution in [2.24, 2.45) is 0 Å². The lowest BCUT2D eigenvalue weighted by Gasteiger charge is -2.07. The van der Waals surface area contributed by atoms with Crippen molar-refractivity contribution in [1.82, 2.24) is 0 Å². The van der Waals surface area contributed by atoms with Crippen LogP contribution in [0.5, 0.6) is 5.75 Å². The summed E-state index contributed by atoms with van der Waals surface area (Å²) in [4.78, 5) is 11.1. The van der Waals surface area contributed by atoms with Crippen molar-refractivity contribution in [3.8, 4) is 5.75 Å². The summed E-state index contributed by atoms with van der Waals surface area (Å²) in [5.41, 5.74) is 7.64. The summed E-state index contributed by atoms with van der Waals surface area (Å²) >= 11 is 0. The summed E-state index contributed by atoms with van der Waals surface area (Å²) < 4.78 is 9.97. The van der Waals surface area contributed by atoms with Gasteiger partial charge in [0, 0.05) is 6.42 Å². The molecule has 0 aliphatic carbocycles. The second-order valence-corrected chi connectivity index (χ2v) is 4.09. The van der Waals surface area contributed by atoms with Gasteiger partial charge in [-0.2, -0.15) is 0 Å². The van der Waals surface area contributed by atoms with Crippen LogP contribution in [0.25, 0.3) is 0 Å². The van der Waals surface area contributed by atoms with Gasteiger partial charge in [0.2, 0.25) is 0 Å². The molecule has 1 rings (SSSR count). The molecule has 1 aromatic rings. The molecule has 0 fully saturated rings. The molecule has 0 atom stereocenters. The zero-order valence-electron chi connectivity index (χ0n) is 11.1. The van der Waals surface area contributed by atoms with Gasteiger partial charge in [0.05, 0.1) is 19.4 Å². The van der Waals surface area contributed by atoms with Crippen molar-refractivity contribution in [3.63, 3.8) is 0 Å². The molecular formula is C14H21NO3. The van der Waals surface area contributed by atoms with Crippen LogP contribution in [-0.4, -0.2) is 19.7 Å². The molecule has 100 valence electrons. The van der Waals surface area contributed by atoms with Crippen LogP contribution in [-0.2, 0) is 16.0 Å². The average molecular weight is 251 g/mol. The Morgan fingerprint density at radius 1 is 1.33 bits per heavy atom. The monoisotopic (exact) mass is 251 g/mol. The Morgan fingerprint density at radius 3 is 2.72 bits per heavy atom. The lowest BCUT2D eigenvalue weighted by atomic mass is 10.1. The zero-order chi connectivity index (χ0) is 13.4. The van der Waals surface area contributed by atoms with E-state index in [1.165, 1.54) is 0 Å². The molecule has 0 unspecified atom stereocenters. The molecule has 18 heavy (non-hydrogen) atoms. The second kappa shape index (κ2) is 7.58. The summed E-state index contributed by atoms with van der Waals surface area (Å²) in [7, 11) is 1.60. The van der Waals surface area contributed by atoms with Crippen molar-refractivity contribution in [3.05, 3.63) is 23.8 Å². The number of benzene rings is 1. The van der Waals surface area contributed by atoms with Gasteiger partial charge in [-0.1, -0.05) is 6.07 Å². The van der Waals surface area contributed by atoms with Crippen LogP contribution in [0.3, 0.4) is 0 Å². The Labute approximate surface area is 108 Å². The van der Waals surface area contributed by atoms with Crippen molar-refractivity contribution in [2.75, 3.05) is 19.5 Å². The lowest BCUT2D eigenvalue weighted by molar-refractivity contribution is -0.143. The van der Waals surface area contributed by atoms with Gasteiger partial charge in [0.15, 0.2) is 0 Å². The fourth-order valence-electron chi connectivity index (χ4n) is 1.77. The highest BCUT2D eigenvalue weighted by molar-refractivity contribution is 5.69. The number of unbranched alkanes of at least 4 members (excludes halogenated alkanes) is 1. The average Bonchev–Trinajstić information content (AvgIpc) is 2.35. The molecule has 0 saturated carbocycles. The summed E-state index contributed by atoms with van der Waals surface area (Å²) in [6.07, 6.45) is 3.18. The normalized spacial score (nSPS) is 10.1. The van der Waals surface area contributed by atoms with E-state index in [-0.39, 0.29) is 5.97 Å². The lowest BCUT2D eigenvalue weighted by Crippen LogP contribution is -2.03. The van der Waals surface area contributed by atoms with E-state index in [4.69, 9.17) is 15.2 Å². The summed E-state index contributed by atoms with van der Waals surface area (Å²) in [5.74, 6) is 0.581. The Bertz CT molecular complexity index is 391. The largest absolute Gasteiger partial charge is 0.495 e. The molecule has 2 N–H and O–H groups in total. The van der Waals surface area contributed by atoms with E-state index in [1.54, 1.807) is 7.11 Å². The van der Waals surface area contributed by atoms with Gasteiger partial charge >= 0.3 is 5.97 Å². The molecule has 0 aromatic heterocycles. The first-order chi connectivity index (χ1) is 8.67. The van der Waals surface area contributed by atoms with Gasteiger partial charge < -0.3 is 15.2 Å². The number of rotatable bonds is 7. The number of anilines is 1. The molecule has 0 spiro atoms.